The van der Waals surface area contributed by atoms with Crippen molar-refractivity contribution in [3.8, 4) is 0 Å². The van der Waals surface area contributed by atoms with Gasteiger partial charge in [0.2, 0.25) is 0 Å². The van der Waals surface area contributed by atoms with E-state index in [1.54, 1.807) is 30.3 Å². The molecule has 0 bridgehead atoms. The summed E-state index contributed by atoms with van der Waals surface area (Å²) >= 11 is 0. The van der Waals surface area contributed by atoms with Crippen molar-refractivity contribution in [3.05, 3.63) is 35.9 Å². The highest BCUT2D eigenvalue weighted by molar-refractivity contribution is 5.95. The fraction of sp³-hybridized carbons (Fsp3) is 0.357. The highest BCUT2D eigenvalue weighted by Gasteiger charge is 2.25. The standard InChI is InChI=1S/C14H16N2O5/c17-12(9-21-14(19)11-7-4-8-20-11)15-16-13(18)10-5-2-1-3-6-10/h1-3,5-6,11H,4,7-9H2,(H,15,17)(H,16,18)/t11-/m0/s1. The Kier molecular flexibility index (Phi) is 5.28. The highest BCUT2D eigenvalue weighted by atomic mass is 16.6. The van der Waals surface area contributed by atoms with Crippen LogP contribution in [0.1, 0.15) is 23.2 Å². The molecule has 2 N–H and O–H groups in total. The molecule has 1 fully saturated rings. The third-order valence-corrected chi connectivity index (χ3v) is 2.89. The third-order valence-electron chi connectivity index (χ3n) is 2.89. The van der Waals surface area contributed by atoms with Crippen molar-refractivity contribution >= 4 is 17.8 Å². The molecule has 0 spiro atoms. The molecule has 0 aromatic heterocycles. The third kappa shape index (κ3) is 4.57. The van der Waals surface area contributed by atoms with Crippen LogP contribution in [-0.2, 0) is 19.1 Å². The Hall–Kier alpha value is -2.41. The number of carbonyl (C=O) groups excluding carboxylic acids is 3. The van der Waals surface area contributed by atoms with Gasteiger partial charge < -0.3 is 9.47 Å². The fourth-order valence-electron chi connectivity index (χ4n) is 1.82. The average Bonchev–Trinajstić information content (AvgIpc) is 3.05. The molecule has 0 radical (unpaired) electrons. The van der Waals surface area contributed by atoms with E-state index in [0.717, 1.165) is 6.42 Å². The molecule has 1 aromatic rings. The Morgan fingerprint density at radius 1 is 1.19 bits per heavy atom. The van der Waals surface area contributed by atoms with E-state index in [1.165, 1.54) is 0 Å². The maximum absolute atomic E-state index is 11.6. The number of hydrogen-bond donors (Lipinski definition) is 2. The minimum absolute atomic E-state index is 0.411. The van der Waals surface area contributed by atoms with E-state index in [2.05, 4.69) is 10.9 Å². The number of nitrogens with one attached hydrogen (secondary N) is 2. The molecule has 2 rings (SSSR count). The van der Waals surface area contributed by atoms with E-state index >= 15 is 0 Å². The van der Waals surface area contributed by atoms with Crippen LogP contribution in [0.5, 0.6) is 0 Å². The van der Waals surface area contributed by atoms with E-state index in [9.17, 15) is 14.4 Å². The molecular weight excluding hydrogens is 276 g/mol. The van der Waals surface area contributed by atoms with Crippen molar-refractivity contribution in [1.82, 2.24) is 10.9 Å². The number of carbonyl (C=O) groups is 3. The molecule has 0 unspecified atom stereocenters. The number of hydrogen-bond acceptors (Lipinski definition) is 5. The molecular formula is C14H16N2O5. The van der Waals surface area contributed by atoms with E-state index in [0.29, 0.717) is 18.6 Å². The van der Waals surface area contributed by atoms with E-state index in [-0.39, 0.29) is 0 Å². The monoisotopic (exact) mass is 292 g/mol. The zero-order chi connectivity index (χ0) is 15.1. The predicted molar refractivity (Wildman–Crippen MR) is 72.0 cm³/mol. The first-order valence-electron chi connectivity index (χ1n) is 6.59. The zero-order valence-corrected chi connectivity index (χ0v) is 11.3. The van der Waals surface area contributed by atoms with Crippen molar-refractivity contribution in [1.29, 1.82) is 0 Å². The van der Waals surface area contributed by atoms with E-state index < -0.39 is 30.5 Å². The van der Waals surface area contributed by atoms with Gasteiger partial charge in [0.05, 0.1) is 0 Å². The van der Waals surface area contributed by atoms with E-state index in [4.69, 9.17) is 9.47 Å². The summed E-state index contributed by atoms with van der Waals surface area (Å²) in [6.07, 6.45) is 0.821. The van der Waals surface area contributed by atoms with Crippen molar-refractivity contribution in [2.45, 2.75) is 18.9 Å². The first kappa shape index (κ1) is 15.0. The molecule has 2 amide bonds. The smallest absolute Gasteiger partial charge is 0.335 e. The molecule has 0 saturated carbocycles. The molecule has 1 aromatic carbocycles. The first-order chi connectivity index (χ1) is 10.2. The van der Waals surface area contributed by atoms with Crippen molar-refractivity contribution < 1.29 is 23.9 Å². The fourth-order valence-corrected chi connectivity index (χ4v) is 1.82. The topological polar surface area (TPSA) is 93.7 Å². The average molecular weight is 292 g/mol. The van der Waals surface area contributed by atoms with Gasteiger partial charge in [-0.2, -0.15) is 0 Å². The van der Waals surface area contributed by atoms with Gasteiger partial charge in [0.1, 0.15) is 0 Å². The van der Waals surface area contributed by atoms with Crippen LogP contribution in [-0.4, -0.2) is 37.1 Å². The Bertz CT molecular complexity index is 511. The van der Waals surface area contributed by atoms with Gasteiger partial charge in [-0.05, 0) is 25.0 Å². The Morgan fingerprint density at radius 3 is 2.62 bits per heavy atom. The van der Waals surface area contributed by atoms with Crippen LogP contribution in [0.25, 0.3) is 0 Å². The van der Waals surface area contributed by atoms with Gasteiger partial charge >= 0.3 is 5.97 Å². The Labute approximate surface area is 121 Å². The van der Waals surface area contributed by atoms with Crippen LogP contribution in [0, 0.1) is 0 Å². The lowest BCUT2D eigenvalue weighted by Gasteiger charge is -2.10. The normalized spacial score (nSPS) is 17.0. The maximum atomic E-state index is 11.6. The minimum atomic E-state index is -0.620. The van der Waals surface area contributed by atoms with Crippen molar-refractivity contribution in [3.63, 3.8) is 0 Å². The largest absolute Gasteiger partial charge is 0.454 e. The number of ether oxygens (including phenoxy) is 2. The summed E-state index contributed by atoms with van der Waals surface area (Å²) < 4.78 is 9.93. The van der Waals surface area contributed by atoms with Gasteiger partial charge in [0.15, 0.2) is 12.7 Å². The quantitative estimate of drug-likeness (QED) is 0.609. The molecule has 7 nitrogen and oxygen atoms in total. The second-order valence-corrected chi connectivity index (χ2v) is 4.48. The second-order valence-electron chi connectivity index (χ2n) is 4.48. The number of hydrazine groups is 1. The Balaban J connectivity index is 1.67. The van der Waals surface area contributed by atoms with Crippen LogP contribution >= 0.6 is 0 Å². The molecule has 1 atom stereocenters. The van der Waals surface area contributed by atoms with Crippen LogP contribution in [0.15, 0.2) is 30.3 Å². The van der Waals surface area contributed by atoms with Gasteiger partial charge in [-0.1, -0.05) is 18.2 Å². The lowest BCUT2D eigenvalue weighted by Crippen LogP contribution is -2.44. The summed E-state index contributed by atoms with van der Waals surface area (Å²) in [6, 6.07) is 8.41. The summed E-state index contributed by atoms with van der Waals surface area (Å²) in [4.78, 5) is 34.6. The molecule has 1 heterocycles. The first-order valence-corrected chi connectivity index (χ1v) is 6.59. The summed E-state index contributed by atoms with van der Waals surface area (Å²) in [7, 11) is 0. The van der Waals surface area contributed by atoms with Gasteiger partial charge in [-0.25, -0.2) is 4.79 Å². The lowest BCUT2D eigenvalue weighted by atomic mass is 10.2. The molecule has 1 saturated heterocycles. The Morgan fingerprint density at radius 2 is 1.95 bits per heavy atom. The van der Waals surface area contributed by atoms with Crippen LogP contribution in [0.2, 0.25) is 0 Å². The number of benzene rings is 1. The number of rotatable bonds is 4. The van der Waals surface area contributed by atoms with Gasteiger partial charge in [-0.3, -0.25) is 20.4 Å². The lowest BCUT2D eigenvalue weighted by molar-refractivity contribution is -0.157. The van der Waals surface area contributed by atoms with Gasteiger partial charge in [-0.15, -0.1) is 0 Å². The van der Waals surface area contributed by atoms with Crippen molar-refractivity contribution in [2.75, 3.05) is 13.2 Å². The maximum Gasteiger partial charge on any atom is 0.335 e. The van der Waals surface area contributed by atoms with Crippen LogP contribution in [0.3, 0.4) is 0 Å². The van der Waals surface area contributed by atoms with Gasteiger partial charge in [0.25, 0.3) is 11.8 Å². The molecule has 7 heteroatoms. The number of amides is 2. The van der Waals surface area contributed by atoms with Gasteiger partial charge in [0, 0.05) is 12.2 Å². The molecule has 1 aliphatic rings. The minimum Gasteiger partial charge on any atom is -0.454 e. The predicted octanol–water partition coefficient (Wildman–Crippen LogP) is 0.170. The number of esters is 1. The molecule has 21 heavy (non-hydrogen) atoms. The summed E-state index contributed by atoms with van der Waals surface area (Å²) in [5.41, 5.74) is 4.81. The van der Waals surface area contributed by atoms with Crippen LogP contribution in [0.4, 0.5) is 0 Å². The SMILES string of the molecule is O=C(COC(=O)[C@@H]1CCCO1)NNC(=O)c1ccccc1. The second kappa shape index (κ2) is 7.39. The summed E-state index contributed by atoms with van der Waals surface area (Å²) in [6.45, 7) is 0.0624. The van der Waals surface area contributed by atoms with Crippen LogP contribution < -0.4 is 10.9 Å². The highest BCUT2D eigenvalue weighted by Crippen LogP contribution is 2.12. The molecule has 0 aliphatic carbocycles. The van der Waals surface area contributed by atoms with Crippen molar-refractivity contribution in [2.24, 2.45) is 0 Å². The van der Waals surface area contributed by atoms with E-state index in [1.807, 2.05) is 0 Å². The summed E-state index contributed by atoms with van der Waals surface area (Å²) in [5.74, 6) is -1.63. The molecule has 112 valence electrons. The summed E-state index contributed by atoms with van der Waals surface area (Å²) in [5, 5.41) is 0. The zero-order valence-electron chi connectivity index (χ0n) is 11.3. The molecule has 1 aliphatic heterocycles.